The molecule has 3 aromatic rings. The second kappa shape index (κ2) is 9.84. The molecule has 0 unspecified atom stereocenters. The Morgan fingerprint density at radius 1 is 1.00 bits per heavy atom. The summed E-state index contributed by atoms with van der Waals surface area (Å²) in [6, 6.07) is 16.7. The normalized spacial score (nSPS) is 10.8. The van der Waals surface area contributed by atoms with Gasteiger partial charge in [-0.25, -0.2) is 4.39 Å². The summed E-state index contributed by atoms with van der Waals surface area (Å²) >= 11 is 0. The Morgan fingerprint density at radius 2 is 1.73 bits per heavy atom. The number of para-hydroxylation sites is 1. The number of carbonyl (C=O) groups excluding carboxylic acids is 2. The highest BCUT2D eigenvalue weighted by Crippen LogP contribution is 2.20. The molecule has 1 N–H and O–H groups in total. The fraction of sp³-hybridized carbons (Fsp3) is 0.217. The van der Waals surface area contributed by atoms with Crippen molar-refractivity contribution in [3.63, 3.8) is 0 Å². The van der Waals surface area contributed by atoms with Crippen molar-refractivity contribution in [3.05, 3.63) is 89.6 Å². The SMILES string of the molecule is CN(CC(=O)N(C)c1ccccc1C(=O)NCc1ccco1)Cc1ccc(F)cc1. The Balaban J connectivity index is 1.63. The molecule has 1 aromatic heterocycles. The lowest BCUT2D eigenvalue weighted by atomic mass is 10.1. The number of likely N-dealkylation sites (N-methyl/N-ethyl adjacent to an activating group) is 2. The molecular formula is C23H24FN3O3. The topological polar surface area (TPSA) is 65.8 Å². The molecule has 0 bridgehead atoms. The number of hydrogen-bond donors (Lipinski definition) is 1. The minimum atomic E-state index is -0.292. The quantitative estimate of drug-likeness (QED) is 0.619. The highest BCUT2D eigenvalue weighted by Gasteiger charge is 2.19. The van der Waals surface area contributed by atoms with E-state index in [-0.39, 0.29) is 30.7 Å². The first-order chi connectivity index (χ1) is 14.4. The van der Waals surface area contributed by atoms with Gasteiger partial charge in [0.2, 0.25) is 5.91 Å². The number of carbonyl (C=O) groups is 2. The molecule has 3 rings (SSSR count). The number of hydrogen-bond acceptors (Lipinski definition) is 4. The highest BCUT2D eigenvalue weighted by molar-refractivity contribution is 6.04. The van der Waals surface area contributed by atoms with Crippen LogP contribution in [0.1, 0.15) is 21.7 Å². The van der Waals surface area contributed by atoms with Crippen LogP contribution in [-0.2, 0) is 17.9 Å². The van der Waals surface area contributed by atoms with Crippen LogP contribution in [-0.4, -0.2) is 37.4 Å². The van der Waals surface area contributed by atoms with E-state index in [0.717, 1.165) is 5.56 Å². The van der Waals surface area contributed by atoms with Crippen LogP contribution in [0.4, 0.5) is 10.1 Å². The summed E-state index contributed by atoms with van der Waals surface area (Å²) in [4.78, 5) is 28.8. The van der Waals surface area contributed by atoms with Crippen LogP contribution in [0.15, 0.2) is 71.3 Å². The van der Waals surface area contributed by atoms with Crippen molar-refractivity contribution in [1.82, 2.24) is 10.2 Å². The van der Waals surface area contributed by atoms with Gasteiger partial charge < -0.3 is 14.6 Å². The van der Waals surface area contributed by atoms with Gasteiger partial charge in [-0.2, -0.15) is 0 Å². The molecule has 0 atom stereocenters. The molecule has 0 aliphatic heterocycles. The molecule has 2 amide bonds. The number of furan rings is 1. The molecule has 7 heteroatoms. The molecule has 0 aliphatic rings. The summed E-state index contributed by atoms with van der Waals surface area (Å²) in [6.45, 7) is 0.916. The van der Waals surface area contributed by atoms with E-state index in [1.54, 1.807) is 61.8 Å². The van der Waals surface area contributed by atoms with Crippen LogP contribution in [0.3, 0.4) is 0 Å². The molecule has 0 spiro atoms. The first-order valence-electron chi connectivity index (χ1n) is 9.53. The number of rotatable bonds is 8. The number of nitrogens with zero attached hydrogens (tertiary/aromatic N) is 2. The molecule has 0 radical (unpaired) electrons. The summed E-state index contributed by atoms with van der Waals surface area (Å²) in [5, 5.41) is 2.80. The van der Waals surface area contributed by atoms with Crippen molar-refractivity contribution >= 4 is 17.5 Å². The first kappa shape index (κ1) is 21.3. The molecule has 0 saturated heterocycles. The second-order valence-corrected chi connectivity index (χ2v) is 7.03. The monoisotopic (exact) mass is 409 g/mol. The second-order valence-electron chi connectivity index (χ2n) is 7.03. The van der Waals surface area contributed by atoms with Gasteiger partial charge in [0.05, 0.1) is 30.6 Å². The molecule has 0 aliphatic carbocycles. The van der Waals surface area contributed by atoms with Crippen molar-refractivity contribution in [1.29, 1.82) is 0 Å². The third-order valence-electron chi connectivity index (χ3n) is 4.66. The van der Waals surface area contributed by atoms with E-state index in [4.69, 9.17) is 4.42 Å². The zero-order chi connectivity index (χ0) is 21.5. The van der Waals surface area contributed by atoms with Crippen LogP contribution >= 0.6 is 0 Å². The predicted molar refractivity (Wildman–Crippen MR) is 112 cm³/mol. The fourth-order valence-corrected chi connectivity index (χ4v) is 3.06. The van der Waals surface area contributed by atoms with Crippen molar-refractivity contribution in [2.75, 3.05) is 25.5 Å². The molecule has 1 heterocycles. The van der Waals surface area contributed by atoms with Gasteiger partial charge in [0.25, 0.3) is 5.91 Å². The van der Waals surface area contributed by atoms with Crippen LogP contribution in [0.2, 0.25) is 0 Å². The van der Waals surface area contributed by atoms with E-state index in [0.29, 0.717) is 23.6 Å². The summed E-state index contributed by atoms with van der Waals surface area (Å²) in [6.07, 6.45) is 1.55. The van der Waals surface area contributed by atoms with Gasteiger partial charge in [0, 0.05) is 13.6 Å². The highest BCUT2D eigenvalue weighted by atomic mass is 19.1. The van der Waals surface area contributed by atoms with Gasteiger partial charge in [0.1, 0.15) is 11.6 Å². The number of benzene rings is 2. The van der Waals surface area contributed by atoms with E-state index in [9.17, 15) is 14.0 Å². The van der Waals surface area contributed by atoms with Crippen LogP contribution in [0, 0.1) is 5.82 Å². The Bertz CT molecular complexity index is 987. The van der Waals surface area contributed by atoms with Crippen molar-refractivity contribution in [3.8, 4) is 0 Å². The maximum atomic E-state index is 13.1. The molecule has 156 valence electrons. The maximum Gasteiger partial charge on any atom is 0.253 e. The van der Waals surface area contributed by atoms with E-state index in [1.807, 2.05) is 11.9 Å². The third kappa shape index (κ3) is 5.55. The lowest BCUT2D eigenvalue weighted by Gasteiger charge is -2.23. The van der Waals surface area contributed by atoms with Crippen molar-refractivity contribution in [2.24, 2.45) is 0 Å². The fourth-order valence-electron chi connectivity index (χ4n) is 3.06. The zero-order valence-corrected chi connectivity index (χ0v) is 17.0. The average Bonchev–Trinajstić information content (AvgIpc) is 3.26. The number of amides is 2. The largest absolute Gasteiger partial charge is 0.467 e. The Hall–Kier alpha value is -3.45. The van der Waals surface area contributed by atoms with Gasteiger partial charge in [-0.3, -0.25) is 14.5 Å². The third-order valence-corrected chi connectivity index (χ3v) is 4.66. The lowest BCUT2D eigenvalue weighted by Crippen LogP contribution is -2.37. The van der Waals surface area contributed by atoms with E-state index >= 15 is 0 Å². The molecule has 0 saturated carbocycles. The Morgan fingerprint density at radius 3 is 2.43 bits per heavy atom. The smallest absolute Gasteiger partial charge is 0.253 e. The van der Waals surface area contributed by atoms with Gasteiger partial charge in [-0.1, -0.05) is 24.3 Å². The molecule has 6 nitrogen and oxygen atoms in total. The van der Waals surface area contributed by atoms with Crippen molar-refractivity contribution in [2.45, 2.75) is 13.1 Å². The molecule has 0 fully saturated rings. The predicted octanol–water partition coefficient (Wildman–Crippen LogP) is 3.44. The summed E-state index contributed by atoms with van der Waals surface area (Å²) < 4.78 is 18.3. The van der Waals surface area contributed by atoms with Gasteiger partial charge in [-0.05, 0) is 49.0 Å². The standard InChI is InChI=1S/C23H24FN3O3/c1-26(15-17-9-11-18(24)12-10-17)16-22(28)27(2)21-8-4-3-7-20(21)23(29)25-14-19-6-5-13-30-19/h3-13H,14-16H2,1-2H3,(H,25,29). The zero-order valence-electron chi connectivity index (χ0n) is 17.0. The first-order valence-corrected chi connectivity index (χ1v) is 9.53. The van der Waals surface area contributed by atoms with Crippen LogP contribution in [0.25, 0.3) is 0 Å². The number of nitrogens with one attached hydrogen (secondary N) is 1. The minimum Gasteiger partial charge on any atom is -0.467 e. The van der Waals surface area contributed by atoms with E-state index in [1.165, 1.54) is 17.0 Å². The Labute approximate surface area is 174 Å². The maximum absolute atomic E-state index is 13.1. The number of halogens is 1. The van der Waals surface area contributed by atoms with Crippen LogP contribution in [0.5, 0.6) is 0 Å². The minimum absolute atomic E-state index is 0.149. The van der Waals surface area contributed by atoms with Gasteiger partial charge >= 0.3 is 0 Å². The lowest BCUT2D eigenvalue weighted by molar-refractivity contribution is -0.119. The van der Waals surface area contributed by atoms with Gasteiger partial charge in [0.15, 0.2) is 0 Å². The molecule has 2 aromatic carbocycles. The Kier molecular flexibility index (Phi) is 6.98. The van der Waals surface area contributed by atoms with Crippen LogP contribution < -0.4 is 10.2 Å². The molecular weight excluding hydrogens is 385 g/mol. The van der Waals surface area contributed by atoms with E-state index < -0.39 is 0 Å². The van der Waals surface area contributed by atoms with E-state index in [2.05, 4.69) is 5.32 Å². The summed E-state index contributed by atoms with van der Waals surface area (Å²) in [5.41, 5.74) is 1.84. The average molecular weight is 409 g/mol. The van der Waals surface area contributed by atoms with Crippen molar-refractivity contribution < 1.29 is 18.4 Å². The summed E-state index contributed by atoms with van der Waals surface area (Å²) in [7, 11) is 3.46. The summed E-state index contributed by atoms with van der Waals surface area (Å²) in [5.74, 6) is -0.0981. The number of anilines is 1. The molecule has 30 heavy (non-hydrogen) atoms. The van der Waals surface area contributed by atoms with Gasteiger partial charge in [-0.15, -0.1) is 0 Å².